The van der Waals surface area contributed by atoms with Gasteiger partial charge in [0.2, 0.25) is 0 Å². The minimum atomic E-state index is -4.60. The molecule has 0 fully saturated rings. The van der Waals surface area contributed by atoms with Crippen LogP contribution in [0.15, 0.2) is 47.4 Å². The predicted molar refractivity (Wildman–Crippen MR) is 87.1 cm³/mol. The lowest BCUT2D eigenvalue weighted by Gasteiger charge is -2.12. The highest BCUT2D eigenvalue weighted by Gasteiger charge is 2.30. The van der Waals surface area contributed by atoms with Gasteiger partial charge in [-0.3, -0.25) is 9.52 Å². The van der Waals surface area contributed by atoms with Gasteiger partial charge in [-0.1, -0.05) is 17.7 Å². The van der Waals surface area contributed by atoms with E-state index in [1.54, 1.807) is 0 Å². The molecule has 10 heteroatoms. The number of nitrogens with one attached hydrogen (secondary N) is 2. The molecule has 2 aromatic rings. The number of hydrogen-bond donors (Lipinski definition) is 2. The first kappa shape index (κ1) is 19.1. The van der Waals surface area contributed by atoms with E-state index < -0.39 is 27.7 Å². The van der Waals surface area contributed by atoms with Crippen LogP contribution in [0.4, 0.5) is 18.9 Å². The van der Waals surface area contributed by atoms with Crippen molar-refractivity contribution < 1.29 is 26.4 Å². The summed E-state index contributed by atoms with van der Waals surface area (Å²) in [5, 5.41) is 2.35. The molecule has 0 aliphatic rings. The van der Waals surface area contributed by atoms with Crippen molar-refractivity contribution >= 4 is 33.2 Å². The second-order valence-electron chi connectivity index (χ2n) is 4.90. The zero-order valence-electron chi connectivity index (χ0n) is 12.7. The normalized spacial score (nSPS) is 11.9. The first-order valence-corrected chi connectivity index (χ1v) is 8.62. The number of benzene rings is 2. The van der Waals surface area contributed by atoms with Crippen LogP contribution in [0, 0.1) is 0 Å². The van der Waals surface area contributed by atoms with E-state index in [-0.39, 0.29) is 21.2 Å². The van der Waals surface area contributed by atoms with Crippen LogP contribution in [0.25, 0.3) is 0 Å². The maximum absolute atomic E-state index is 12.7. The minimum Gasteiger partial charge on any atom is -0.355 e. The van der Waals surface area contributed by atoms with Gasteiger partial charge >= 0.3 is 6.18 Å². The van der Waals surface area contributed by atoms with E-state index in [9.17, 15) is 26.4 Å². The zero-order valence-corrected chi connectivity index (χ0v) is 14.3. The summed E-state index contributed by atoms with van der Waals surface area (Å²) in [5.74, 6) is -0.596. The third-order valence-electron chi connectivity index (χ3n) is 3.16. The molecular formula is C15H12ClF3N2O3S. The van der Waals surface area contributed by atoms with Crippen LogP contribution in [-0.4, -0.2) is 21.4 Å². The van der Waals surface area contributed by atoms with E-state index in [1.807, 2.05) is 4.72 Å². The van der Waals surface area contributed by atoms with Crippen LogP contribution in [-0.2, 0) is 16.2 Å². The third kappa shape index (κ3) is 4.43. The van der Waals surface area contributed by atoms with Gasteiger partial charge in [-0.25, -0.2) is 8.42 Å². The molecule has 25 heavy (non-hydrogen) atoms. The summed E-state index contributed by atoms with van der Waals surface area (Å²) in [7, 11) is -2.86. The highest BCUT2D eigenvalue weighted by atomic mass is 35.5. The number of carbonyl (C=O) groups is 1. The Morgan fingerprint density at radius 2 is 1.80 bits per heavy atom. The topological polar surface area (TPSA) is 75.3 Å². The van der Waals surface area contributed by atoms with Gasteiger partial charge in [0.15, 0.2) is 0 Å². The first-order chi connectivity index (χ1) is 11.5. The average molecular weight is 393 g/mol. The van der Waals surface area contributed by atoms with Gasteiger partial charge in [0.25, 0.3) is 15.9 Å². The summed E-state index contributed by atoms with van der Waals surface area (Å²) in [6, 6.07) is 7.16. The number of amides is 1. The van der Waals surface area contributed by atoms with Crippen molar-refractivity contribution in [3.8, 4) is 0 Å². The van der Waals surface area contributed by atoms with Crippen molar-refractivity contribution in [3.05, 3.63) is 58.6 Å². The number of halogens is 4. The number of sulfonamides is 1. The predicted octanol–water partition coefficient (Wildman–Crippen LogP) is 3.52. The van der Waals surface area contributed by atoms with Crippen LogP contribution >= 0.6 is 11.6 Å². The lowest BCUT2D eigenvalue weighted by molar-refractivity contribution is -0.137. The molecular weight excluding hydrogens is 381 g/mol. The molecule has 0 spiro atoms. The van der Waals surface area contributed by atoms with Crippen LogP contribution < -0.4 is 10.0 Å². The van der Waals surface area contributed by atoms with Crippen molar-refractivity contribution in [2.24, 2.45) is 0 Å². The second kappa shape index (κ2) is 6.93. The Hall–Kier alpha value is -2.26. The van der Waals surface area contributed by atoms with E-state index in [1.165, 1.54) is 19.2 Å². The highest BCUT2D eigenvalue weighted by molar-refractivity contribution is 7.92. The molecule has 0 aliphatic heterocycles. The molecule has 0 saturated carbocycles. The Labute approximate surface area is 146 Å². The maximum Gasteiger partial charge on any atom is 0.416 e. The lowest BCUT2D eigenvalue weighted by atomic mass is 10.2. The van der Waals surface area contributed by atoms with E-state index in [2.05, 4.69) is 5.32 Å². The SMILES string of the molecule is CNC(=O)c1cc(S(=O)(=O)Nc2cccc(C(F)(F)F)c2)ccc1Cl. The summed E-state index contributed by atoms with van der Waals surface area (Å²) >= 11 is 5.85. The highest BCUT2D eigenvalue weighted by Crippen LogP contribution is 2.31. The summed E-state index contributed by atoms with van der Waals surface area (Å²) in [4.78, 5) is 11.4. The van der Waals surface area contributed by atoms with Gasteiger partial charge < -0.3 is 5.32 Å². The van der Waals surface area contributed by atoms with E-state index >= 15 is 0 Å². The molecule has 2 N–H and O–H groups in total. The minimum absolute atomic E-state index is 0.0392. The standard InChI is InChI=1S/C15H12ClF3N2O3S/c1-20-14(22)12-8-11(5-6-13(12)16)25(23,24)21-10-4-2-3-9(7-10)15(17,18)19/h2-8,21H,1H3,(H,20,22). The van der Waals surface area contributed by atoms with Gasteiger partial charge in [0, 0.05) is 12.7 Å². The Kier molecular flexibility index (Phi) is 5.28. The fourth-order valence-corrected chi connectivity index (χ4v) is 3.23. The molecule has 0 bridgehead atoms. The molecule has 0 atom stereocenters. The number of carbonyl (C=O) groups excluding carboxylic acids is 1. The van der Waals surface area contributed by atoms with Crippen molar-refractivity contribution in [1.29, 1.82) is 0 Å². The lowest BCUT2D eigenvalue weighted by Crippen LogP contribution is -2.20. The number of anilines is 1. The molecule has 0 aromatic heterocycles. The molecule has 0 unspecified atom stereocenters. The molecule has 0 saturated heterocycles. The summed E-state index contributed by atoms with van der Waals surface area (Å²) in [6.07, 6.45) is -4.60. The Balaban J connectivity index is 2.39. The van der Waals surface area contributed by atoms with E-state index in [0.29, 0.717) is 6.07 Å². The van der Waals surface area contributed by atoms with Crippen molar-refractivity contribution in [2.45, 2.75) is 11.1 Å². The maximum atomic E-state index is 12.7. The number of rotatable bonds is 4. The van der Waals surface area contributed by atoms with E-state index in [0.717, 1.165) is 24.3 Å². The van der Waals surface area contributed by atoms with Crippen molar-refractivity contribution in [1.82, 2.24) is 5.32 Å². The average Bonchev–Trinajstić information content (AvgIpc) is 2.53. The Bertz CT molecular complexity index is 914. The monoisotopic (exact) mass is 392 g/mol. The summed E-state index contributed by atoms with van der Waals surface area (Å²) < 4.78 is 64.9. The molecule has 2 rings (SSSR count). The third-order valence-corrected chi connectivity index (χ3v) is 4.87. The molecule has 2 aromatic carbocycles. The van der Waals surface area contributed by atoms with Crippen LogP contribution in [0.2, 0.25) is 5.02 Å². The van der Waals surface area contributed by atoms with Crippen LogP contribution in [0.1, 0.15) is 15.9 Å². The largest absolute Gasteiger partial charge is 0.416 e. The number of alkyl halides is 3. The zero-order chi connectivity index (χ0) is 18.8. The fraction of sp³-hybridized carbons (Fsp3) is 0.133. The Morgan fingerprint density at radius 3 is 2.40 bits per heavy atom. The van der Waals surface area contributed by atoms with Gasteiger partial charge in [-0.2, -0.15) is 13.2 Å². The molecule has 0 heterocycles. The van der Waals surface area contributed by atoms with Gasteiger partial charge in [0.05, 0.1) is 21.0 Å². The van der Waals surface area contributed by atoms with E-state index in [4.69, 9.17) is 11.6 Å². The quantitative estimate of drug-likeness (QED) is 0.836. The summed E-state index contributed by atoms with van der Waals surface area (Å²) in [6.45, 7) is 0. The molecule has 0 radical (unpaired) electrons. The second-order valence-corrected chi connectivity index (χ2v) is 6.99. The smallest absolute Gasteiger partial charge is 0.355 e. The molecule has 1 amide bonds. The van der Waals surface area contributed by atoms with Gasteiger partial charge in [-0.15, -0.1) is 0 Å². The molecule has 134 valence electrons. The summed E-state index contributed by atoms with van der Waals surface area (Å²) in [5.41, 5.74) is -1.32. The van der Waals surface area contributed by atoms with Crippen molar-refractivity contribution in [2.75, 3.05) is 11.8 Å². The van der Waals surface area contributed by atoms with Gasteiger partial charge in [0.1, 0.15) is 0 Å². The van der Waals surface area contributed by atoms with Gasteiger partial charge in [-0.05, 0) is 36.4 Å². The molecule has 0 aliphatic carbocycles. The Morgan fingerprint density at radius 1 is 1.12 bits per heavy atom. The van der Waals surface area contributed by atoms with Crippen LogP contribution in [0.5, 0.6) is 0 Å². The fourth-order valence-electron chi connectivity index (χ4n) is 1.95. The van der Waals surface area contributed by atoms with Crippen molar-refractivity contribution in [3.63, 3.8) is 0 Å². The molecule has 5 nitrogen and oxygen atoms in total. The number of hydrogen-bond acceptors (Lipinski definition) is 3. The van der Waals surface area contributed by atoms with Crippen LogP contribution in [0.3, 0.4) is 0 Å². The first-order valence-electron chi connectivity index (χ1n) is 6.76.